The first-order valence-corrected chi connectivity index (χ1v) is 7.54. The number of hydrogen-bond acceptors (Lipinski definition) is 3. The van der Waals surface area contributed by atoms with Gasteiger partial charge < -0.3 is 9.84 Å². The summed E-state index contributed by atoms with van der Waals surface area (Å²) >= 11 is 0. The minimum Gasteiger partial charge on any atom is -0.492 e. The molecule has 1 aromatic heterocycles. The highest BCUT2D eigenvalue weighted by Crippen LogP contribution is 2.12. The Balaban J connectivity index is 2.15. The second-order valence-corrected chi connectivity index (χ2v) is 4.84. The summed E-state index contributed by atoms with van der Waals surface area (Å²) in [5, 5.41) is 8.65. The Morgan fingerprint density at radius 1 is 1.10 bits per heavy atom. The monoisotopic (exact) mass is 275 g/mol. The summed E-state index contributed by atoms with van der Waals surface area (Å²) < 4.78 is 5.66. The highest BCUT2D eigenvalue weighted by atomic mass is 16.5. The van der Waals surface area contributed by atoms with Crippen LogP contribution in [0.5, 0.6) is 5.75 Å². The zero-order chi connectivity index (χ0) is 14.5. The summed E-state index contributed by atoms with van der Waals surface area (Å²) in [7, 11) is 0. The average Bonchev–Trinajstić information content (AvgIpc) is 2.48. The molecule has 1 N–H and O–H groups in total. The van der Waals surface area contributed by atoms with Crippen molar-refractivity contribution in [3.8, 4) is 17.6 Å². The lowest BCUT2D eigenvalue weighted by Crippen LogP contribution is -1.98. The minimum atomic E-state index is -0.136. The Bertz CT molecular complexity index is 420. The van der Waals surface area contributed by atoms with Crippen molar-refractivity contribution >= 4 is 0 Å². The molecule has 0 bridgehead atoms. The van der Waals surface area contributed by atoms with Crippen molar-refractivity contribution in [2.45, 2.75) is 51.9 Å². The Labute approximate surface area is 122 Å². The molecule has 1 rings (SSSR count). The summed E-state index contributed by atoms with van der Waals surface area (Å²) in [5.41, 5.74) is 0.774. The van der Waals surface area contributed by atoms with Crippen molar-refractivity contribution < 1.29 is 9.84 Å². The molecule has 3 heteroatoms. The van der Waals surface area contributed by atoms with Gasteiger partial charge in [0.25, 0.3) is 0 Å². The number of rotatable bonds is 9. The minimum absolute atomic E-state index is 0.136. The van der Waals surface area contributed by atoms with E-state index in [9.17, 15) is 0 Å². The smallest absolute Gasteiger partial charge is 0.138 e. The Hall–Kier alpha value is -1.53. The number of nitrogens with zero attached hydrogens (tertiary/aromatic N) is 1. The molecule has 0 aromatic carbocycles. The number of hydrogen-bond donors (Lipinski definition) is 1. The Morgan fingerprint density at radius 2 is 1.85 bits per heavy atom. The summed E-state index contributed by atoms with van der Waals surface area (Å²) in [6, 6.07) is 1.86. The highest BCUT2D eigenvalue weighted by molar-refractivity contribution is 5.36. The first-order chi connectivity index (χ1) is 9.86. The van der Waals surface area contributed by atoms with Crippen molar-refractivity contribution in [2.75, 3.05) is 13.2 Å². The molecule has 0 saturated carbocycles. The van der Waals surface area contributed by atoms with E-state index in [0.29, 0.717) is 0 Å². The van der Waals surface area contributed by atoms with Crippen LogP contribution in [0.3, 0.4) is 0 Å². The van der Waals surface area contributed by atoms with Gasteiger partial charge in [0.2, 0.25) is 0 Å². The molecule has 0 amide bonds. The summed E-state index contributed by atoms with van der Waals surface area (Å²) in [6.07, 6.45) is 12.3. The molecule has 1 aromatic rings. The Kier molecular flexibility index (Phi) is 9.34. The third-order valence-electron chi connectivity index (χ3n) is 3.04. The number of aliphatic hydroxyl groups excluding tert-OH is 1. The van der Waals surface area contributed by atoms with E-state index in [-0.39, 0.29) is 6.61 Å². The second-order valence-electron chi connectivity index (χ2n) is 4.84. The SMILES string of the molecule is CCCCCCCCCOc1cncc(C#CCO)c1. The standard InChI is InChI=1S/C17H25NO2/c1-2-3-4-5-6-7-8-12-20-17-13-16(10-9-11-19)14-18-15-17/h13-15,19H,2-8,11-12H2,1H3. The van der Waals surface area contributed by atoms with E-state index in [1.165, 1.54) is 38.5 Å². The van der Waals surface area contributed by atoms with Crippen LogP contribution < -0.4 is 4.74 Å². The number of aliphatic hydroxyl groups is 1. The third kappa shape index (κ3) is 7.81. The molecule has 0 atom stereocenters. The van der Waals surface area contributed by atoms with Crippen molar-refractivity contribution in [1.82, 2.24) is 4.98 Å². The molecule has 0 fully saturated rings. The van der Waals surface area contributed by atoms with E-state index in [1.807, 2.05) is 6.07 Å². The number of pyridine rings is 1. The zero-order valence-electron chi connectivity index (χ0n) is 12.4. The molecule has 0 radical (unpaired) electrons. The first-order valence-electron chi connectivity index (χ1n) is 7.54. The number of aromatic nitrogens is 1. The molecule has 0 unspecified atom stereocenters. The van der Waals surface area contributed by atoms with Gasteiger partial charge in [0.05, 0.1) is 12.8 Å². The van der Waals surface area contributed by atoms with E-state index in [0.717, 1.165) is 24.3 Å². The molecule has 0 aliphatic heterocycles. The van der Waals surface area contributed by atoms with E-state index < -0.39 is 0 Å². The van der Waals surface area contributed by atoms with Crippen molar-refractivity contribution in [1.29, 1.82) is 0 Å². The van der Waals surface area contributed by atoms with Crippen LogP contribution in [-0.4, -0.2) is 23.3 Å². The topological polar surface area (TPSA) is 42.4 Å². The van der Waals surface area contributed by atoms with Crippen molar-refractivity contribution in [3.05, 3.63) is 24.0 Å². The van der Waals surface area contributed by atoms with Crippen LogP contribution in [0.4, 0.5) is 0 Å². The van der Waals surface area contributed by atoms with Gasteiger partial charge >= 0.3 is 0 Å². The molecule has 0 spiro atoms. The molecular weight excluding hydrogens is 250 g/mol. The third-order valence-corrected chi connectivity index (χ3v) is 3.04. The van der Waals surface area contributed by atoms with Gasteiger partial charge in [-0.3, -0.25) is 4.98 Å². The fourth-order valence-electron chi connectivity index (χ4n) is 1.96. The summed E-state index contributed by atoms with van der Waals surface area (Å²) in [4.78, 5) is 4.08. The van der Waals surface area contributed by atoms with Crippen molar-refractivity contribution in [2.24, 2.45) is 0 Å². The molecule has 20 heavy (non-hydrogen) atoms. The lowest BCUT2D eigenvalue weighted by Gasteiger charge is -2.06. The van der Waals surface area contributed by atoms with E-state index in [1.54, 1.807) is 12.4 Å². The summed E-state index contributed by atoms with van der Waals surface area (Å²) in [5.74, 6) is 6.18. The van der Waals surface area contributed by atoms with Gasteiger partial charge in [0, 0.05) is 11.8 Å². The average molecular weight is 275 g/mol. The molecule has 1 heterocycles. The number of ether oxygens (including phenoxy) is 1. The van der Waals surface area contributed by atoms with Gasteiger partial charge in [-0.2, -0.15) is 0 Å². The van der Waals surface area contributed by atoms with Gasteiger partial charge in [0.15, 0.2) is 0 Å². The number of unbranched alkanes of at least 4 members (excludes halogenated alkanes) is 6. The molecule has 0 aliphatic carbocycles. The van der Waals surface area contributed by atoms with Crippen LogP contribution in [0.25, 0.3) is 0 Å². The van der Waals surface area contributed by atoms with E-state index >= 15 is 0 Å². The van der Waals surface area contributed by atoms with Crippen LogP contribution >= 0.6 is 0 Å². The molecule has 0 aliphatic rings. The maximum Gasteiger partial charge on any atom is 0.138 e. The van der Waals surface area contributed by atoms with Crippen LogP contribution in [0.1, 0.15) is 57.4 Å². The largest absolute Gasteiger partial charge is 0.492 e. The molecule has 110 valence electrons. The van der Waals surface area contributed by atoms with Crippen LogP contribution in [0.2, 0.25) is 0 Å². The van der Waals surface area contributed by atoms with Crippen molar-refractivity contribution in [3.63, 3.8) is 0 Å². The zero-order valence-corrected chi connectivity index (χ0v) is 12.4. The Morgan fingerprint density at radius 3 is 2.60 bits per heavy atom. The molecule has 3 nitrogen and oxygen atoms in total. The van der Waals surface area contributed by atoms with Gasteiger partial charge in [-0.1, -0.05) is 57.3 Å². The maximum atomic E-state index is 8.65. The second kappa shape index (κ2) is 11.3. The van der Waals surface area contributed by atoms with Crippen LogP contribution in [0.15, 0.2) is 18.5 Å². The van der Waals surface area contributed by atoms with Gasteiger partial charge in [0.1, 0.15) is 12.4 Å². The quantitative estimate of drug-likeness (QED) is 0.553. The maximum absolute atomic E-state index is 8.65. The first kappa shape index (κ1) is 16.5. The predicted octanol–water partition coefficient (Wildman–Crippen LogP) is 3.55. The predicted molar refractivity (Wildman–Crippen MR) is 81.7 cm³/mol. The van der Waals surface area contributed by atoms with Crippen LogP contribution in [0, 0.1) is 11.8 Å². The lowest BCUT2D eigenvalue weighted by atomic mass is 10.1. The van der Waals surface area contributed by atoms with E-state index in [2.05, 4.69) is 23.7 Å². The summed E-state index contributed by atoms with van der Waals surface area (Å²) in [6.45, 7) is 2.83. The van der Waals surface area contributed by atoms with Gasteiger partial charge in [-0.05, 0) is 12.5 Å². The normalized spacial score (nSPS) is 9.90. The van der Waals surface area contributed by atoms with Gasteiger partial charge in [-0.25, -0.2) is 0 Å². The van der Waals surface area contributed by atoms with E-state index in [4.69, 9.17) is 9.84 Å². The fraction of sp³-hybridized carbons (Fsp3) is 0.588. The highest BCUT2D eigenvalue weighted by Gasteiger charge is 1.96. The van der Waals surface area contributed by atoms with Gasteiger partial charge in [-0.15, -0.1) is 0 Å². The van der Waals surface area contributed by atoms with Crippen LogP contribution in [-0.2, 0) is 0 Å². The molecular formula is C17H25NO2. The lowest BCUT2D eigenvalue weighted by molar-refractivity contribution is 0.303. The fourth-order valence-corrected chi connectivity index (χ4v) is 1.96. The molecule has 0 saturated heterocycles.